The number of anilines is 3. The Bertz CT molecular complexity index is 1980. The Hall–Kier alpha value is -4.62. The number of benzene rings is 1. The van der Waals surface area contributed by atoms with Crippen LogP contribution in [-0.4, -0.2) is 86.7 Å². The summed E-state index contributed by atoms with van der Waals surface area (Å²) in [5.74, 6) is -0.0136. The second kappa shape index (κ2) is 13.9. The van der Waals surface area contributed by atoms with Crippen LogP contribution >= 0.6 is 11.6 Å². The molecule has 2 fully saturated rings. The molecule has 0 radical (unpaired) electrons. The molecule has 6 rings (SSSR count). The zero-order valence-electron chi connectivity index (χ0n) is 29.4. The molecule has 50 heavy (non-hydrogen) atoms. The number of amides is 1. The first-order valence-electron chi connectivity index (χ1n) is 17.1. The number of nitrogens with two attached hydrogens (primary N) is 1. The van der Waals surface area contributed by atoms with Crippen molar-refractivity contribution in [3.05, 3.63) is 69.6 Å². The number of hydrogen-bond donors (Lipinski definition) is 2. The number of nitrogens with one attached hydrogen (secondary N) is 1. The number of pyridine rings is 1. The fourth-order valence-electron chi connectivity index (χ4n) is 6.86. The summed E-state index contributed by atoms with van der Waals surface area (Å²) < 4.78 is 16.9. The first kappa shape index (κ1) is 35.2. The molecule has 0 unspecified atom stereocenters. The Morgan fingerprint density at radius 3 is 2.30 bits per heavy atom. The van der Waals surface area contributed by atoms with Crippen LogP contribution in [0.1, 0.15) is 64.8 Å². The second-order valence-corrected chi connectivity index (χ2v) is 14.1. The molecular weight excluding hydrogens is 659 g/mol. The summed E-state index contributed by atoms with van der Waals surface area (Å²) in [5, 5.41) is 3.99. The third kappa shape index (κ3) is 6.28. The Morgan fingerprint density at radius 1 is 1.04 bits per heavy atom. The van der Waals surface area contributed by atoms with Gasteiger partial charge in [0.05, 0.1) is 38.7 Å². The minimum Gasteiger partial charge on any atom is -0.398 e. The van der Waals surface area contributed by atoms with E-state index in [1.807, 2.05) is 46.4 Å². The van der Waals surface area contributed by atoms with Crippen molar-refractivity contribution >= 4 is 46.0 Å². The van der Waals surface area contributed by atoms with Gasteiger partial charge in [-0.1, -0.05) is 51.9 Å². The highest BCUT2D eigenvalue weighted by atomic mass is 35.5. The lowest BCUT2D eigenvalue weighted by Crippen LogP contribution is -2.58. The van der Waals surface area contributed by atoms with Gasteiger partial charge in [-0.25, -0.2) is 28.7 Å². The van der Waals surface area contributed by atoms with Gasteiger partial charge in [0.1, 0.15) is 11.6 Å². The fraction of sp³-hybridized carbons (Fsp3) is 0.444. The topological polar surface area (TPSA) is 138 Å². The molecule has 5 heterocycles. The van der Waals surface area contributed by atoms with Gasteiger partial charge in [-0.15, -0.1) is 0 Å². The third-order valence-corrected chi connectivity index (χ3v) is 9.73. The predicted molar refractivity (Wildman–Crippen MR) is 197 cm³/mol. The van der Waals surface area contributed by atoms with Crippen LogP contribution in [0.4, 0.5) is 21.8 Å². The van der Waals surface area contributed by atoms with Gasteiger partial charge in [0, 0.05) is 57.0 Å². The first-order chi connectivity index (χ1) is 23.8. The number of hydrogen-bond acceptors (Lipinski definition) is 10. The van der Waals surface area contributed by atoms with Gasteiger partial charge in [-0.05, 0) is 50.0 Å². The third-order valence-electron chi connectivity index (χ3n) is 9.44. The molecule has 14 heteroatoms. The number of nitrogens with zero attached hydrogens (tertiary/aromatic N) is 8. The smallest absolute Gasteiger partial charge is 0.355 e. The van der Waals surface area contributed by atoms with E-state index in [2.05, 4.69) is 16.8 Å². The van der Waals surface area contributed by atoms with Crippen LogP contribution in [0.25, 0.3) is 28.0 Å². The van der Waals surface area contributed by atoms with E-state index in [-0.39, 0.29) is 57.4 Å². The van der Waals surface area contributed by atoms with Gasteiger partial charge < -0.3 is 25.8 Å². The van der Waals surface area contributed by atoms with E-state index < -0.39 is 11.5 Å². The summed E-state index contributed by atoms with van der Waals surface area (Å²) in [6, 6.07) is 5.63. The molecule has 0 bridgehead atoms. The quantitative estimate of drug-likeness (QED) is 0.202. The average molecular weight is 703 g/mol. The Morgan fingerprint density at radius 2 is 1.70 bits per heavy atom. The SMILES string of the molecule is C=CC(=O)N1C[C@H](C)N(c2nc(=O)n(-c3c(C(C)C)nc(N4CCNCC4)nc3C(C)C)c3nc(-c4c(N)cccc4F)c(Cl)cc23)C[C@H]1C. The molecule has 0 aliphatic carbocycles. The van der Waals surface area contributed by atoms with E-state index >= 15 is 4.39 Å². The molecule has 2 saturated heterocycles. The molecular formula is C36H44ClFN10O2. The van der Waals surface area contributed by atoms with E-state index in [0.29, 0.717) is 47.3 Å². The number of piperazine rings is 2. The van der Waals surface area contributed by atoms with Crippen molar-refractivity contribution in [2.45, 2.75) is 65.5 Å². The van der Waals surface area contributed by atoms with Crippen molar-refractivity contribution in [1.82, 2.24) is 34.7 Å². The zero-order valence-corrected chi connectivity index (χ0v) is 30.1. The predicted octanol–water partition coefficient (Wildman–Crippen LogP) is 4.88. The molecule has 264 valence electrons. The van der Waals surface area contributed by atoms with Crippen molar-refractivity contribution in [1.29, 1.82) is 0 Å². The normalized spacial score (nSPS) is 18.4. The van der Waals surface area contributed by atoms with Crippen molar-refractivity contribution < 1.29 is 9.18 Å². The molecule has 2 aliphatic heterocycles. The maximum absolute atomic E-state index is 15.4. The highest BCUT2D eigenvalue weighted by molar-refractivity contribution is 6.34. The number of fused-ring (bicyclic) bond motifs is 1. The minimum atomic E-state index is -0.596. The van der Waals surface area contributed by atoms with Crippen molar-refractivity contribution in [3.8, 4) is 16.9 Å². The summed E-state index contributed by atoms with van der Waals surface area (Å²) in [4.78, 5) is 53.0. The number of aromatic nitrogens is 5. The maximum Gasteiger partial charge on any atom is 0.355 e. The van der Waals surface area contributed by atoms with E-state index in [1.54, 1.807) is 17.0 Å². The van der Waals surface area contributed by atoms with Gasteiger partial charge in [0.25, 0.3) is 0 Å². The summed E-state index contributed by atoms with van der Waals surface area (Å²) in [7, 11) is 0. The number of halogens is 2. The monoisotopic (exact) mass is 702 g/mol. The number of nitrogen functional groups attached to an aromatic ring is 1. The molecule has 1 amide bonds. The van der Waals surface area contributed by atoms with Gasteiger partial charge >= 0.3 is 5.69 Å². The molecule has 0 saturated carbocycles. The molecule has 12 nitrogen and oxygen atoms in total. The number of rotatable bonds is 7. The van der Waals surface area contributed by atoms with Crippen LogP contribution in [0.5, 0.6) is 0 Å². The maximum atomic E-state index is 15.4. The van der Waals surface area contributed by atoms with Crippen LogP contribution in [0.2, 0.25) is 5.02 Å². The largest absolute Gasteiger partial charge is 0.398 e. The Labute approximate surface area is 296 Å². The lowest BCUT2D eigenvalue weighted by Gasteiger charge is -2.44. The van der Waals surface area contributed by atoms with Gasteiger partial charge in [-0.2, -0.15) is 4.98 Å². The lowest BCUT2D eigenvalue weighted by atomic mass is 10.0. The van der Waals surface area contributed by atoms with Gasteiger partial charge in [0.15, 0.2) is 5.65 Å². The van der Waals surface area contributed by atoms with Gasteiger partial charge in [-0.3, -0.25) is 4.79 Å². The molecule has 3 aromatic heterocycles. The first-order valence-corrected chi connectivity index (χ1v) is 17.4. The molecule has 3 N–H and O–H groups in total. The molecule has 2 aliphatic rings. The van der Waals surface area contributed by atoms with E-state index in [0.717, 1.165) is 26.2 Å². The van der Waals surface area contributed by atoms with E-state index in [4.69, 9.17) is 37.3 Å². The summed E-state index contributed by atoms with van der Waals surface area (Å²) in [6.45, 7) is 19.6. The molecule has 2 atom stereocenters. The van der Waals surface area contributed by atoms with E-state index in [1.165, 1.54) is 22.8 Å². The van der Waals surface area contributed by atoms with Crippen LogP contribution < -0.4 is 26.5 Å². The van der Waals surface area contributed by atoms with Crippen molar-refractivity contribution in [3.63, 3.8) is 0 Å². The van der Waals surface area contributed by atoms with Crippen LogP contribution in [-0.2, 0) is 4.79 Å². The number of carbonyl (C=O) groups is 1. The highest BCUT2D eigenvalue weighted by Gasteiger charge is 2.35. The Kier molecular flexibility index (Phi) is 9.82. The van der Waals surface area contributed by atoms with Crippen molar-refractivity contribution in [2.24, 2.45) is 0 Å². The molecule has 1 aromatic carbocycles. The Balaban J connectivity index is 1.67. The second-order valence-electron chi connectivity index (χ2n) is 13.7. The summed E-state index contributed by atoms with van der Waals surface area (Å²) in [5.41, 5.74) is 8.02. The fourth-order valence-corrected chi connectivity index (χ4v) is 7.10. The van der Waals surface area contributed by atoms with Crippen LogP contribution in [0.3, 0.4) is 0 Å². The summed E-state index contributed by atoms with van der Waals surface area (Å²) >= 11 is 6.93. The minimum absolute atomic E-state index is 0.0359. The lowest BCUT2D eigenvalue weighted by molar-refractivity contribution is -0.128. The standard InChI is InChI=1S/C36H44ClFN10O2/c1-8-27(49)46-17-22(7)47(18-21(46)6)33-23-16-24(37)31(28-25(38)10-9-11-26(28)39)41-34(23)48(36(50)44-33)32-29(19(2)3)42-35(43-30(32)20(4)5)45-14-12-40-13-15-45/h8-11,16,19-22,40H,1,12-15,17-18,39H2,2-7H3/t21-,22+/m1/s1. The van der Waals surface area contributed by atoms with Crippen LogP contribution in [0.15, 0.2) is 41.7 Å². The number of carbonyl (C=O) groups excluding carboxylic acids is 1. The van der Waals surface area contributed by atoms with Gasteiger partial charge in [0.2, 0.25) is 11.9 Å². The highest BCUT2D eigenvalue weighted by Crippen LogP contribution is 2.39. The van der Waals surface area contributed by atoms with Crippen molar-refractivity contribution in [2.75, 3.05) is 54.8 Å². The summed E-state index contributed by atoms with van der Waals surface area (Å²) in [6.07, 6.45) is 1.31. The van der Waals surface area contributed by atoms with E-state index in [9.17, 15) is 9.59 Å². The molecule has 0 spiro atoms. The average Bonchev–Trinajstić information content (AvgIpc) is 3.08. The zero-order chi connectivity index (χ0) is 36.0. The molecule has 4 aromatic rings. The van der Waals surface area contributed by atoms with Crippen LogP contribution in [0, 0.1) is 5.82 Å².